The molecule has 3 rings (SSSR count). The Labute approximate surface area is 134 Å². The molecule has 1 amide bonds. The van der Waals surface area contributed by atoms with Crippen molar-refractivity contribution in [1.29, 1.82) is 5.26 Å². The average Bonchev–Trinajstić information content (AvgIpc) is 2.93. The summed E-state index contributed by atoms with van der Waals surface area (Å²) in [6, 6.07) is 6.78. The van der Waals surface area contributed by atoms with Crippen LogP contribution in [0.15, 0.2) is 18.2 Å². The molecule has 0 spiro atoms. The maximum absolute atomic E-state index is 12.3. The molecule has 2 aliphatic rings. The largest absolute Gasteiger partial charge is 0.484 e. The van der Waals surface area contributed by atoms with E-state index in [2.05, 4.69) is 6.07 Å². The number of ether oxygens (including phenoxy) is 2. The summed E-state index contributed by atoms with van der Waals surface area (Å²) in [4.78, 5) is 25.0. The molecule has 2 atom stereocenters. The molecule has 2 aliphatic heterocycles. The zero-order valence-electron chi connectivity index (χ0n) is 13.1. The Morgan fingerprint density at radius 1 is 1.48 bits per heavy atom. The van der Waals surface area contributed by atoms with E-state index in [0.29, 0.717) is 36.3 Å². The number of hydrogen-bond donors (Lipinski definition) is 0. The molecule has 0 aliphatic carbocycles. The van der Waals surface area contributed by atoms with Crippen LogP contribution >= 0.6 is 0 Å². The van der Waals surface area contributed by atoms with Gasteiger partial charge < -0.3 is 14.4 Å². The summed E-state index contributed by atoms with van der Waals surface area (Å²) in [6.07, 6.45) is 0.625. The normalized spacial score (nSPS) is 25.3. The summed E-state index contributed by atoms with van der Waals surface area (Å²) in [6.45, 7) is 4.66. The molecule has 1 saturated heterocycles. The first-order chi connectivity index (χ1) is 11.0. The molecule has 0 radical (unpaired) electrons. The van der Waals surface area contributed by atoms with Crippen molar-refractivity contribution in [3.8, 4) is 11.8 Å². The van der Waals surface area contributed by atoms with Crippen molar-refractivity contribution in [2.45, 2.75) is 44.4 Å². The highest BCUT2D eigenvalue weighted by Gasteiger charge is 2.49. The van der Waals surface area contributed by atoms with Crippen LogP contribution < -0.4 is 4.74 Å². The van der Waals surface area contributed by atoms with Gasteiger partial charge in [0.1, 0.15) is 17.4 Å². The maximum Gasteiger partial charge on any atom is 0.293 e. The van der Waals surface area contributed by atoms with Gasteiger partial charge in [-0.3, -0.25) is 9.59 Å². The van der Waals surface area contributed by atoms with Crippen molar-refractivity contribution in [3.63, 3.8) is 0 Å². The quantitative estimate of drug-likeness (QED) is 0.797. The number of amides is 1. The van der Waals surface area contributed by atoms with Crippen molar-refractivity contribution in [2.75, 3.05) is 6.54 Å². The molecule has 120 valence electrons. The van der Waals surface area contributed by atoms with Crippen molar-refractivity contribution in [1.82, 2.24) is 4.90 Å². The second-order valence-electron chi connectivity index (χ2n) is 6.36. The Balaban J connectivity index is 2.15. The van der Waals surface area contributed by atoms with Crippen LogP contribution in [-0.2, 0) is 14.3 Å². The third-order valence-corrected chi connectivity index (χ3v) is 4.45. The summed E-state index contributed by atoms with van der Waals surface area (Å²) in [5, 5.41) is 9.16. The van der Waals surface area contributed by atoms with E-state index in [1.54, 1.807) is 23.1 Å². The molecule has 0 N–H and O–H groups in total. The minimum absolute atomic E-state index is 0.0282. The van der Waals surface area contributed by atoms with E-state index in [4.69, 9.17) is 14.7 Å². The Morgan fingerprint density at radius 3 is 2.87 bits per heavy atom. The molecule has 6 nitrogen and oxygen atoms in total. The Hall–Kier alpha value is -2.55. The lowest BCUT2D eigenvalue weighted by atomic mass is 9.85. The van der Waals surface area contributed by atoms with Gasteiger partial charge in [-0.1, -0.05) is 0 Å². The molecule has 1 fully saturated rings. The number of nitriles is 1. The first kappa shape index (κ1) is 15.3. The van der Waals surface area contributed by atoms with Crippen molar-refractivity contribution in [2.24, 2.45) is 0 Å². The van der Waals surface area contributed by atoms with Crippen LogP contribution in [0.4, 0.5) is 0 Å². The molecule has 1 aromatic carbocycles. The molecule has 2 heterocycles. The Morgan fingerprint density at radius 2 is 2.26 bits per heavy atom. The second-order valence-corrected chi connectivity index (χ2v) is 6.36. The van der Waals surface area contributed by atoms with E-state index < -0.39 is 17.7 Å². The topological polar surface area (TPSA) is 79.6 Å². The van der Waals surface area contributed by atoms with E-state index in [1.807, 2.05) is 13.8 Å². The maximum atomic E-state index is 12.3. The molecular formula is C17H18N2O4. The lowest BCUT2D eigenvalue weighted by molar-refractivity contribution is -0.161. The van der Waals surface area contributed by atoms with E-state index in [1.165, 1.54) is 0 Å². The van der Waals surface area contributed by atoms with Crippen LogP contribution in [0.25, 0.3) is 0 Å². The fourth-order valence-corrected chi connectivity index (χ4v) is 3.42. The van der Waals surface area contributed by atoms with Gasteiger partial charge in [-0.05, 0) is 38.5 Å². The van der Waals surface area contributed by atoms with Gasteiger partial charge in [-0.2, -0.15) is 5.26 Å². The summed E-state index contributed by atoms with van der Waals surface area (Å²) in [5.74, 6) is 0.643. The van der Waals surface area contributed by atoms with E-state index in [0.717, 1.165) is 6.42 Å². The SMILES string of the molecule is CC1(C)Oc2ccc(C#N)cc2[C@@H](N2CCCC2=O)[C@@H]1OC=O. The number of carbonyl (C=O) groups excluding carboxylic acids is 2. The van der Waals surface area contributed by atoms with E-state index in [9.17, 15) is 9.59 Å². The number of likely N-dealkylation sites (tertiary alicyclic amines) is 1. The van der Waals surface area contributed by atoms with Gasteiger partial charge in [0, 0.05) is 18.5 Å². The predicted molar refractivity (Wildman–Crippen MR) is 80.5 cm³/mol. The Kier molecular flexibility index (Phi) is 3.72. The van der Waals surface area contributed by atoms with Gasteiger partial charge in [0.15, 0.2) is 6.10 Å². The summed E-state index contributed by atoms with van der Waals surface area (Å²) >= 11 is 0. The zero-order chi connectivity index (χ0) is 16.6. The Bertz CT molecular complexity index is 692. The highest BCUT2D eigenvalue weighted by Crippen LogP contribution is 2.45. The van der Waals surface area contributed by atoms with Crippen LogP contribution in [0.3, 0.4) is 0 Å². The third kappa shape index (κ3) is 2.52. The van der Waals surface area contributed by atoms with Gasteiger partial charge >= 0.3 is 0 Å². The van der Waals surface area contributed by atoms with Crippen LogP contribution in [0.1, 0.15) is 43.9 Å². The molecule has 0 bridgehead atoms. The fraction of sp³-hybridized carbons (Fsp3) is 0.471. The van der Waals surface area contributed by atoms with Gasteiger partial charge in [0.05, 0.1) is 11.6 Å². The summed E-state index contributed by atoms with van der Waals surface area (Å²) in [5.41, 5.74) is 0.411. The number of benzene rings is 1. The van der Waals surface area contributed by atoms with Gasteiger partial charge in [-0.15, -0.1) is 0 Å². The fourth-order valence-electron chi connectivity index (χ4n) is 3.42. The van der Waals surface area contributed by atoms with Crippen molar-refractivity contribution < 1.29 is 19.1 Å². The summed E-state index contributed by atoms with van der Waals surface area (Å²) < 4.78 is 11.3. The van der Waals surface area contributed by atoms with E-state index >= 15 is 0 Å². The number of rotatable bonds is 3. The highest BCUT2D eigenvalue weighted by molar-refractivity contribution is 5.79. The smallest absolute Gasteiger partial charge is 0.293 e. The number of hydrogen-bond acceptors (Lipinski definition) is 5. The number of carbonyl (C=O) groups is 2. The van der Waals surface area contributed by atoms with Crippen LogP contribution in [-0.4, -0.2) is 35.5 Å². The van der Waals surface area contributed by atoms with Gasteiger partial charge in [0.25, 0.3) is 6.47 Å². The first-order valence-electron chi connectivity index (χ1n) is 7.59. The molecule has 0 unspecified atom stereocenters. The second kappa shape index (κ2) is 5.58. The third-order valence-electron chi connectivity index (χ3n) is 4.45. The molecule has 0 aromatic heterocycles. The van der Waals surface area contributed by atoms with Crippen molar-refractivity contribution >= 4 is 12.4 Å². The molecule has 1 aromatic rings. The first-order valence-corrected chi connectivity index (χ1v) is 7.59. The monoisotopic (exact) mass is 314 g/mol. The lowest BCUT2D eigenvalue weighted by Crippen LogP contribution is -2.55. The molecular weight excluding hydrogens is 296 g/mol. The highest BCUT2D eigenvalue weighted by atomic mass is 16.6. The minimum atomic E-state index is -0.782. The van der Waals surface area contributed by atoms with Crippen molar-refractivity contribution in [3.05, 3.63) is 29.3 Å². The molecule has 0 saturated carbocycles. The average molecular weight is 314 g/mol. The van der Waals surface area contributed by atoms with Crippen LogP contribution in [0.5, 0.6) is 5.75 Å². The summed E-state index contributed by atoms with van der Waals surface area (Å²) in [7, 11) is 0. The van der Waals surface area contributed by atoms with Crippen LogP contribution in [0.2, 0.25) is 0 Å². The zero-order valence-corrected chi connectivity index (χ0v) is 13.1. The molecule has 23 heavy (non-hydrogen) atoms. The lowest BCUT2D eigenvalue weighted by Gasteiger charge is -2.46. The van der Waals surface area contributed by atoms with Gasteiger partial charge in [0.2, 0.25) is 5.91 Å². The minimum Gasteiger partial charge on any atom is -0.484 e. The predicted octanol–water partition coefficient (Wildman–Crippen LogP) is 1.93. The van der Waals surface area contributed by atoms with Gasteiger partial charge in [-0.25, -0.2) is 0 Å². The number of fused-ring (bicyclic) bond motifs is 1. The standard InChI is InChI=1S/C17H18N2O4/c1-17(2)16(22-10-20)15(19-7-3-4-14(19)21)12-8-11(9-18)5-6-13(12)23-17/h5-6,8,10,15-16H,3-4,7H2,1-2H3/t15-,16+/m1/s1. The number of nitrogens with zero attached hydrogens (tertiary/aromatic N) is 2. The van der Waals surface area contributed by atoms with Crippen LogP contribution in [0, 0.1) is 11.3 Å². The van der Waals surface area contributed by atoms with E-state index in [-0.39, 0.29) is 5.91 Å². The molecule has 6 heteroatoms.